The fourth-order valence-electron chi connectivity index (χ4n) is 3.69. The monoisotopic (exact) mass is 451 g/mol. The summed E-state index contributed by atoms with van der Waals surface area (Å²) in [5, 5.41) is 17.2. The third-order valence-electron chi connectivity index (χ3n) is 5.56. The van der Waals surface area contributed by atoms with Gasteiger partial charge in [0, 0.05) is 42.4 Å². The van der Waals surface area contributed by atoms with Crippen LogP contribution in [0.4, 0.5) is 5.00 Å². The molecule has 8 nitrogen and oxygen atoms in total. The predicted molar refractivity (Wildman–Crippen MR) is 122 cm³/mol. The number of amides is 1. The van der Waals surface area contributed by atoms with E-state index in [-0.39, 0.29) is 12.3 Å². The van der Waals surface area contributed by atoms with E-state index in [2.05, 4.69) is 40.3 Å². The van der Waals surface area contributed by atoms with Crippen molar-refractivity contribution in [2.45, 2.75) is 45.7 Å². The Morgan fingerprint density at radius 2 is 2.16 bits per heavy atom. The minimum Gasteiger partial charge on any atom is -0.497 e. The molecule has 1 aliphatic rings. The summed E-state index contributed by atoms with van der Waals surface area (Å²) in [4.78, 5) is 20.5. The van der Waals surface area contributed by atoms with E-state index in [1.807, 2.05) is 24.3 Å². The number of nitriles is 1. The SMILES string of the molecule is COc1ccc(-c2noc(CCC(=O)Nc3sc4c(c3C#N)CCN(C(C)C)C4)n2)cc1. The first-order valence-electron chi connectivity index (χ1n) is 10.5. The molecule has 3 heterocycles. The maximum Gasteiger partial charge on any atom is 0.227 e. The maximum atomic E-state index is 12.6. The van der Waals surface area contributed by atoms with Crippen molar-refractivity contribution in [2.75, 3.05) is 19.0 Å². The molecule has 9 heteroatoms. The summed E-state index contributed by atoms with van der Waals surface area (Å²) < 4.78 is 10.4. The molecule has 166 valence electrons. The molecule has 0 fully saturated rings. The lowest BCUT2D eigenvalue weighted by molar-refractivity contribution is -0.116. The number of methoxy groups -OCH3 is 1. The Morgan fingerprint density at radius 1 is 1.38 bits per heavy atom. The van der Waals surface area contributed by atoms with Crippen molar-refractivity contribution in [1.82, 2.24) is 15.0 Å². The predicted octanol–water partition coefficient (Wildman–Crippen LogP) is 4.02. The quantitative estimate of drug-likeness (QED) is 0.578. The minimum atomic E-state index is -0.176. The van der Waals surface area contributed by atoms with Crippen molar-refractivity contribution >= 4 is 22.2 Å². The highest BCUT2D eigenvalue weighted by molar-refractivity contribution is 7.16. The Balaban J connectivity index is 1.38. The van der Waals surface area contributed by atoms with E-state index in [0.717, 1.165) is 41.3 Å². The molecule has 0 saturated heterocycles. The largest absolute Gasteiger partial charge is 0.497 e. The van der Waals surface area contributed by atoms with E-state index < -0.39 is 0 Å². The van der Waals surface area contributed by atoms with E-state index >= 15 is 0 Å². The molecule has 0 bridgehead atoms. The molecule has 1 amide bonds. The highest BCUT2D eigenvalue weighted by Gasteiger charge is 2.26. The van der Waals surface area contributed by atoms with Gasteiger partial charge in [-0.1, -0.05) is 5.16 Å². The summed E-state index contributed by atoms with van der Waals surface area (Å²) in [6.07, 6.45) is 1.35. The summed E-state index contributed by atoms with van der Waals surface area (Å²) in [6.45, 7) is 6.09. The number of aryl methyl sites for hydroxylation is 1. The molecule has 0 spiro atoms. The van der Waals surface area contributed by atoms with Crippen LogP contribution in [0.2, 0.25) is 0 Å². The Labute approximate surface area is 190 Å². The summed E-state index contributed by atoms with van der Waals surface area (Å²) in [7, 11) is 1.61. The number of thiophene rings is 1. The highest BCUT2D eigenvalue weighted by Crippen LogP contribution is 2.37. The number of hydrogen-bond donors (Lipinski definition) is 1. The summed E-state index contributed by atoms with van der Waals surface area (Å²) in [5.41, 5.74) is 2.48. The lowest BCUT2D eigenvalue weighted by Crippen LogP contribution is -2.35. The first-order chi connectivity index (χ1) is 15.5. The first-order valence-corrected chi connectivity index (χ1v) is 11.4. The van der Waals surface area contributed by atoms with Crippen LogP contribution in [0.1, 0.15) is 42.2 Å². The fourth-order valence-corrected chi connectivity index (χ4v) is 4.93. The van der Waals surface area contributed by atoms with Crippen LogP contribution in [0, 0.1) is 11.3 Å². The van der Waals surface area contributed by atoms with Crippen LogP contribution in [-0.4, -0.2) is 40.6 Å². The second-order valence-electron chi connectivity index (χ2n) is 7.92. The lowest BCUT2D eigenvalue weighted by Gasteiger charge is -2.30. The number of aromatic nitrogens is 2. The molecular weight excluding hydrogens is 426 g/mol. The van der Waals surface area contributed by atoms with Gasteiger partial charge in [-0.2, -0.15) is 10.2 Å². The number of nitrogens with one attached hydrogen (secondary N) is 1. The van der Waals surface area contributed by atoms with Gasteiger partial charge in [0.05, 0.1) is 12.7 Å². The van der Waals surface area contributed by atoms with E-state index in [4.69, 9.17) is 9.26 Å². The molecule has 1 aromatic carbocycles. The third kappa shape index (κ3) is 4.66. The van der Waals surface area contributed by atoms with Gasteiger partial charge >= 0.3 is 0 Å². The molecule has 0 saturated carbocycles. The van der Waals surface area contributed by atoms with Gasteiger partial charge in [0.2, 0.25) is 17.6 Å². The molecule has 4 rings (SSSR count). The second-order valence-corrected chi connectivity index (χ2v) is 9.03. The van der Waals surface area contributed by atoms with Crippen LogP contribution >= 0.6 is 11.3 Å². The van der Waals surface area contributed by atoms with Crippen LogP contribution in [0.5, 0.6) is 5.75 Å². The van der Waals surface area contributed by atoms with Crippen molar-refractivity contribution < 1.29 is 14.1 Å². The molecule has 0 unspecified atom stereocenters. The Kier molecular flexibility index (Phi) is 6.53. The van der Waals surface area contributed by atoms with Crippen LogP contribution < -0.4 is 10.1 Å². The van der Waals surface area contributed by atoms with Crippen molar-refractivity contribution in [3.8, 4) is 23.2 Å². The number of nitrogens with zero attached hydrogens (tertiary/aromatic N) is 4. The zero-order chi connectivity index (χ0) is 22.7. The first kappa shape index (κ1) is 22.0. The van der Waals surface area contributed by atoms with Crippen molar-refractivity contribution in [3.63, 3.8) is 0 Å². The number of carbonyl (C=O) groups excluding carboxylic acids is 1. The smallest absolute Gasteiger partial charge is 0.227 e. The lowest BCUT2D eigenvalue weighted by atomic mass is 10.0. The molecule has 1 aliphatic heterocycles. The average Bonchev–Trinajstić information content (AvgIpc) is 3.41. The molecule has 3 aromatic rings. The Bertz CT molecular complexity index is 1140. The number of hydrogen-bond acceptors (Lipinski definition) is 8. The van der Waals surface area contributed by atoms with Gasteiger partial charge in [-0.15, -0.1) is 11.3 Å². The van der Waals surface area contributed by atoms with Crippen LogP contribution in [-0.2, 0) is 24.2 Å². The van der Waals surface area contributed by atoms with Gasteiger partial charge in [-0.05, 0) is 50.1 Å². The Morgan fingerprint density at radius 3 is 2.84 bits per heavy atom. The van der Waals surface area contributed by atoms with E-state index in [9.17, 15) is 10.1 Å². The maximum absolute atomic E-state index is 12.6. The van der Waals surface area contributed by atoms with Gasteiger partial charge in [-0.25, -0.2) is 0 Å². The molecule has 0 aliphatic carbocycles. The number of fused-ring (bicyclic) bond motifs is 1. The summed E-state index contributed by atoms with van der Waals surface area (Å²) in [5.74, 6) is 1.43. The van der Waals surface area contributed by atoms with E-state index in [0.29, 0.717) is 34.7 Å². The van der Waals surface area contributed by atoms with Gasteiger partial charge in [0.1, 0.15) is 16.8 Å². The fraction of sp³-hybridized carbons (Fsp3) is 0.391. The second kappa shape index (κ2) is 9.51. The number of ether oxygens (including phenoxy) is 1. The molecule has 0 atom stereocenters. The van der Waals surface area contributed by atoms with Crippen molar-refractivity contribution in [2.24, 2.45) is 0 Å². The van der Waals surface area contributed by atoms with Gasteiger partial charge in [0.25, 0.3) is 0 Å². The van der Waals surface area contributed by atoms with Crippen molar-refractivity contribution in [1.29, 1.82) is 5.26 Å². The topological polar surface area (TPSA) is 104 Å². The highest BCUT2D eigenvalue weighted by atomic mass is 32.1. The molecule has 32 heavy (non-hydrogen) atoms. The standard InChI is InChI=1S/C23H25N5O3S/c1-14(2)28-11-10-17-18(12-24)23(32-19(17)13-28)25-20(29)8-9-21-26-22(27-31-21)15-4-6-16(30-3)7-5-15/h4-7,14H,8-11,13H2,1-3H3,(H,25,29). The van der Waals surface area contributed by atoms with Crippen LogP contribution in [0.25, 0.3) is 11.4 Å². The summed E-state index contributed by atoms with van der Waals surface area (Å²) >= 11 is 1.50. The van der Waals surface area contributed by atoms with Gasteiger partial charge < -0.3 is 14.6 Å². The van der Waals surface area contributed by atoms with Crippen molar-refractivity contribution in [3.05, 3.63) is 46.2 Å². The zero-order valence-electron chi connectivity index (χ0n) is 18.3. The molecular formula is C23H25N5O3S. The Hall–Kier alpha value is -3.22. The summed E-state index contributed by atoms with van der Waals surface area (Å²) in [6, 6.07) is 10.1. The minimum absolute atomic E-state index is 0.176. The third-order valence-corrected chi connectivity index (χ3v) is 6.70. The van der Waals surface area contributed by atoms with Gasteiger partial charge in [0.15, 0.2) is 0 Å². The number of rotatable bonds is 7. The van der Waals surface area contributed by atoms with E-state index in [1.54, 1.807) is 7.11 Å². The van der Waals surface area contributed by atoms with Crippen LogP contribution in [0.3, 0.4) is 0 Å². The number of anilines is 1. The molecule has 1 N–H and O–H groups in total. The number of carbonyl (C=O) groups is 1. The van der Waals surface area contributed by atoms with Gasteiger partial charge in [-0.3, -0.25) is 9.69 Å². The van der Waals surface area contributed by atoms with E-state index in [1.165, 1.54) is 11.3 Å². The van der Waals surface area contributed by atoms with Crippen LogP contribution in [0.15, 0.2) is 28.8 Å². The molecule has 2 aromatic heterocycles. The normalized spacial score (nSPS) is 13.6. The molecule has 0 radical (unpaired) electrons. The number of benzene rings is 1. The average molecular weight is 452 g/mol. The zero-order valence-corrected chi connectivity index (χ0v) is 19.2.